The maximum Gasteiger partial charge on any atom is 0.410 e. The number of piperidine rings is 1. The minimum Gasteiger partial charge on any atom is -0.445 e. The summed E-state index contributed by atoms with van der Waals surface area (Å²) in [5.41, 5.74) is 1.67. The Morgan fingerprint density at radius 2 is 1.67 bits per heavy atom. The van der Waals surface area contributed by atoms with Crippen molar-refractivity contribution in [1.29, 1.82) is 0 Å². The monoisotopic (exact) mass is 371 g/mol. The van der Waals surface area contributed by atoms with Crippen molar-refractivity contribution in [2.75, 3.05) is 39.3 Å². The Labute approximate surface area is 163 Å². The Kier molecular flexibility index (Phi) is 5.98. The number of hydrogen-bond donors (Lipinski definition) is 1. The quantitative estimate of drug-likeness (QED) is 0.886. The Balaban J connectivity index is 1.19. The van der Waals surface area contributed by atoms with Crippen LogP contribution < -0.4 is 5.32 Å². The molecule has 0 unspecified atom stereocenters. The molecule has 27 heavy (non-hydrogen) atoms. The van der Waals surface area contributed by atoms with Gasteiger partial charge < -0.3 is 15.0 Å². The van der Waals surface area contributed by atoms with Gasteiger partial charge in [0.15, 0.2) is 0 Å². The SMILES string of the molecule is O=C(OCc1ccccc1)N1CCN(C2CCC3(CCNCC3)CC2)CC1. The average Bonchev–Trinajstić information content (AvgIpc) is 2.74. The molecule has 2 aliphatic heterocycles. The topological polar surface area (TPSA) is 44.8 Å². The highest BCUT2D eigenvalue weighted by Crippen LogP contribution is 2.44. The van der Waals surface area contributed by atoms with Crippen LogP contribution in [0.3, 0.4) is 0 Å². The van der Waals surface area contributed by atoms with E-state index in [9.17, 15) is 4.79 Å². The van der Waals surface area contributed by atoms with Crippen molar-refractivity contribution in [2.24, 2.45) is 5.41 Å². The van der Waals surface area contributed by atoms with E-state index in [-0.39, 0.29) is 6.09 Å². The van der Waals surface area contributed by atoms with Gasteiger partial charge in [-0.05, 0) is 62.6 Å². The van der Waals surface area contributed by atoms with Gasteiger partial charge in [0, 0.05) is 32.2 Å². The summed E-state index contributed by atoms with van der Waals surface area (Å²) in [7, 11) is 0. The molecule has 1 aromatic rings. The van der Waals surface area contributed by atoms with E-state index >= 15 is 0 Å². The molecule has 1 aliphatic carbocycles. The lowest BCUT2D eigenvalue weighted by molar-refractivity contribution is 0.0295. The maximum atomic E-state index is 12.3. The fraction of sp³-hybridized carbons (Fsp3) is 0.682. The fourth-order valence-electron chi connectivity index (χ4n) is 5.12. The lowest BCUT2D eigenvalue weighted by Crippen LogP contribution is -2.53. The molecule has 5 nitrogen and oxygen atoms in total. The Morgan fingerprint density at radius 3 is 2.33 bits per heavy atom. The Bertz CT molecular complexity index is 597. The smallest absolute Gasteiger partial charge is 0.410 e. The van der Waals surface area contributed by atoms with Gasteiger partial charge in [-0.3, -0.25) is 4.90 Å². The Morgan fingerprint density at radius 1 is 1.00 bits per heavy atom. The molecular formula is C22H33N3O2. The van der Waals surface area contributed by atoms with Gasteiger partial charge in [0.05, 0.1) is 0 Å². The molecule has 1 N–H and O–H groups in total. The largest absolute Gasteiger partial charge is 0.445 e. The second-order valence-corrected chi connectivity index (χ2v) is 8.54. The molecule has 1 aromatic carbocycles. The van der Waals surface area contributed by atoms with E-state index in [1.807, 2.05) is 35.2 Å². The molecule has 0 aromatic heterocycles. The second-order valence-electron chi connectivity index (χ2n) is 8.54. The molecule has 1 spiro atoms. The van der Waals surface area contributed by atoms with Crippen LogP contribution in [0.2, 0.25) is 0 Å². The first-order chi connectivity index (χ1) is 13.2. The zero-order valence-corrected chi connectivity index (χ0v) is 16.4. The van der Waals surface area contributed by atoms with Crippen LogP contribution in [0, 0.1) is 5.41 Å². The third-order valence-electron chi connectivity index (χ3n) is 6.97. The number of rotatable bonds is 3. The van der Waals surface area contributed by atoms with E-state index in [1.54, 1.807) is 0 Å². The Hall–Kier alpha value is -1.59. The number of nitrogens with zero attached hydrogens (tertiary/aromatic N) is 2. The molecule has 0 bridgehead atoms. The summed E-state index contributed by atoms with van der Waals surface area (Å²) in [5, 5.41) is 3.51. The summed E-state index contributed by atoms with van der Waals surface area (Å²) in [5.74, 6) is 0. The van der Waals surface area contributed by atoms with Crippen LogP contribution in [0.4, 0.5) is 4.79 Å². The van der Waals surface area contributed by atoms with E-state index in [2.05, 4.69) is 10.2 Å². The summed E-state index contributed by atoms with van der Waals surface area (Å²) in [6, 6.07) is 10.6. The van der Waals surface area contributed by atoms with E-state index in [1.165, 1.54) is 51.6 Å². The molecule has 2 heterocycles. The minimum atomic E-state index is -0.171. The van der Waals surface area contributed by atoms with Crippen molar-refractivity contribution in [2.45, 2.75) is 51.2 Å². The highest BCUT2D eigenvalue weighted by atomic mass is 16.6. The summed E-state index contributed by atoms with van der Waals surface area (Å²) in [4.78, 5) is 16.8. The molecule has 3 fully saturated rings. The molecule has 5 heteroatoms. The van der Waals surface area contributed by atoms with Gasteiger partial charge in [0.2, 0.25) is 0 Å². The van der Waals surface area contributed by atoms with Crippen LogP contribution >= 0.6 is 0 Å². The number of nitrogens with one attached hydrogen (secondary N) is 1. The third-order valence-corrected chi connectivity index (χ3v) is 6.97. The lowest BCUT2D eigenvalue weighted by Gasteiger charge is -2.47. The minimum absolute atomic E-state index is 0.171. The summed E-state index contributed by atoms with van der Waals surface area (Å²) in [6.45, 7) is 6.32. The number of piperazine rings is 1. The number of amides is 1. The van der Waals surface area contributed by atoms with Gasteiger partial charge in [0.25, 0.3) is 0 Å². The van der Waals surface area contributed by atoms with Gasteiger partial charge in [-0.1, -0.05) is 30.3 Å². The van der Waals surface area contributed by atoms with Gasteiger partial charge in [0.1, 0.15) is 6.61 Å². The molecule has 3 aliphatic rings. The normalized spacial score (nSPS) is 24.1. The van der Waals surface area contributed by atoms with Crippen LogP contribution in [0.5, 0.6) is 0 Å². The van der Waals surface area contributed by atoms with Crippen molar-refractivity contribution in [1.82, 2.24) is 15.1 Å². The molecule has 1 amide bonds. The summed E-state index contributed by atoms with van der Waals surface area (Å²) in [6.07, 6.45) is 7.99. The standard InChI is InChI=1S/C22H33N3O2/c26-21(27-18-19-4-2-1-3-5-19)25-16-14-24(15-17-25)20-6-8-22(9-7-20)10-12-23-13-11-22/h1-5,20,23H,6-18H2. The molecule has 0 radical (unpaired) electrons. The average molecular weight is 372 g/mol. The molecule has 148 valence electrons. The van der Waals surface area contributed by atoms with E-state index in [0.29, 0.717) is 18.1 Å². The summed E-state index contributed by atoms with van der Waals surface area (Å²) < 4.78 is 5.49. The summed E-state index contributed by atoms with van der Waals surface area (Å²) >= 11 is 0. The molecule has 4 rings (SSSR count). The number of hydrogen-bond acceptors (Lipinski definition) is 4. The van der Waals surface area contributed by atoms with Gasteiger partial charge in [-0.15, -0.1) is 0 Å². The second kappa shape index (κ2) is 8.61. The number of benzene rings is 1. The van der Waals surface area contributed by atoms with Crippen LogP contribution in [0.25, 0.3) is 0 Å². The third kappa shape index (κ3) is 4.64. The van der Waals surface area contributed by atoms with Crippen LogP contribution in [0.1, 0.15) is 44.1 Å². The zero-order chi connectivity index (χ0) is 18.5. The van der Waals surface area contributed by atoms with Crippen molar-refractivity contribution >= 4 is 6.09 Å². The van der Waals surface area contributed by atoms with E-state index in [4.69, 9.17) is 4.74 Å². The van der Waals surface area contributed by atoms with Gasteiger partial charge >= 0.3 is 6.09 Å². The number of ether oxygens (including phenoxy) is 1. The van der Waals surface area contributed by atoms with Crippen LogP contribution in [0.15, 0.2) is 30.3 Å². The first-order valence-electron chi connectivity index (χ1n) is 10.6. The highest BCUT2D eigenvalue weighted by molar-refractivity contribution is 5.67. The first kappa shape index (κ1) is 18.8. The first-order valence-corrected chi connectivity index (χ1v) is 10.6. The van der Waals surface area contributed by atoms with Crippen LogP contribution in [-0.4, -0.2) is 61.2 Å². The fourth-order valence-corrected chi connectivity index (χ4v) is 5.12. The van der Waals surface area contributed by atoms with E-state index in [0.717, 1.165) is 31.7 Å². The maximum absolute atomic E-state index is 12.3. The van der Waals surface area contributed by atoms with Crippen molar-refractivity contribution in [3.8, 4) is 0 Å². The predicted molar refractivity (Wildman–Crippen MR) is 107 cm³/mol. The molecule has 1 saturated carbocycles. The van der Waals surface area contributed by atoms with E-state index < -0.39 is 0 Å². The highest BCUT2D eigenvalue weighted by Gasteiger charge is 2.38. The molecular weight excluding hydrogens is 338 g/mol. The van der Waals surface area contributed by atoms with Crippen molar-refractivity contribution < 1.29 is 9.53 Å². The van der Waals surface area contributed by atoms with Crippen LogP contribution in [-0.2, 0) is 11.3 Å². The number of carbonyl (C=O) groups is 1. The predicted octanol–water partition coefficient (Wildman–Crippen LogP) is 3.25. The van der Waals surface area contributed by atoms with Crippen molar-refractivity contribution in [3.05, 3.63) is 35.9 Å². The van der Waals surface area contributed by atoms with Gasteiger partial charge in [-0.25, -0.2) is 4.79 Å². The lowest BCUT2D eigenvalue weighted by atomic mass is 9.67. The zero-order valence-electron chi connectivity index (χ0n) is 16.4. The number of carbonyl (C=O) groups excluding carboxylic acids is 1. The van der Waals surface area contributed by atoms with Gasteiger partial charge in [-0.2, -0.15) is 0 Å². The molecule has 0 atom stereocenters. The van der Waals surface area contributed by atoms with Crippen molar-refractivity contribution in [3.63, 3.8) is 0 Å². The molecule has 2 saturated heterocycles.